The highest BCUT2D eigenvalue weighted by atomic mass is 32.2. The number of likely N-dealkylation sites (tertiary alicyclic amines) is 1. The molecular formula is C22H23N3O4S. The number of sulfonamides is 1. The van der Waals surface area contributed by atoms with Crippen LogP contribution in [0.25, 0.3) is 11.0 Å². The van der Waals surface area contributed by atoms with Crippen molar-refractivity contribution < 1.29 is 17.7 Å². The van der Waals surface area contributed by atoms with E-state index in [9.17, 15) is 13.2 Å². The quantitative estimate of drug-likeness (QED) is 0.640. The number of nitrogens with zero attached hydrogens (tertiary/aromatic N) is 3. The third-order valence-corrected chi connectivity index (χ3v) is 7.75. The van der Waals surface area contributed by atoms with E-state index in [1.165, 1.54) is 16.4 Å². The summed E-state index contributed by atoms with van der Waals surface area (Å²) in [6, 6.07) is 12.2. The normalized spacial score (nSPS) is 17.2. The van der Waals surface area contributed by atoms with Crippen LogP contribution in [0.15, 0.2) is 51.9 Å². The van der Waals surface area contributed by atoms with Gasteiger partial charge in [0.1, 0.15) is 0 Å². The number of benzene rings is 2. The van der Waals surface area contributed by atoms with Crippen LogP contribution in [0.3, 0.4) is 0 Å². The van der Waals surface area contributed by atoms with E-state index >= 15 is 0 Å². The lowest BCUT2D eigenvalue weighted by Crippen LogP contribution is -2.36. The second kappa shape index (κ2) is 7.43. The van der Waals surface area contributed by atoms with Crippen LogP contribution in [0.1, 0.15) is 41.7 Å². The Labute approximate surface area is 175 Å². The Bertz CT molecular complexity index is 1210. The molecule has 0 N–H and O–H groups in total. The summed E-state index contributed by atoms with van der Waals surface area (Å²) < 4.78 is 33.7. The Kier molecular flexibility index (Phi) is 4.73. The molecular weight excluding hydrogens is 402 g/mol. The fourth-order valence-electron chi connectivity index (χ4n) is 4.36. The van der Waals surface area contributed by atoms with Crippen LogP contribution in [0.2, 0.25) is 0 Å². The molecule has 3 heterocycles. The van der Waals surface area contributed by atoms with E-state index in [4.69, 9.17) is 4.52 Å². The molecule has 1 fully saturated rings. The Morgan fingerprint density at radius 1 is 0.967 bits per heavy atom. The second-order valence-corrected chi connectivity index (χ2v) is 9.71. The van der Waals surface area contributed by atoms with Gasteiger partial charge in [-0.1, -0.05) is 23.4 Å². The molecule has 2 aromatic carbocycles. The summed E-state index contributed by atoms with van der Waals surface area (Å²) in [4.78, 5) is 14.9. The van der Waals surface area contributed by atoms with Gasteiger partial charge in [-0.25, -0.2) is 8.42 Å². The van der Waals surface area contributed by atoms with Crippen LogP contribution < -0.4 is 4.31 Å². The number of hydrogen-bond acceptors (Lipinski definition) is 5. The lowest BCUT2D eigenvalue weighted by atomic mass is 10.0. The number of aromatic nitrogens is 1. The number of carbonyl (C=O) groups excluding carboxylic acids is 1. The zero-order chi connectivity index (χ0) is 20.7. The van der Waals surface area contributed by atoms with Gasteiger partial charge < -0.3 is 9.42 Å². The summed E-state index contributed by atoms with van der Waals surface area (Å²) in [5.41, 5.74) is 2.34. The minimum Gasteiger partial charge on any atom is -0.355 e. The minimum atomic E-state index is -3.77. The van der Waals surface area contributed by atoms with Crippen molar-refractivity contribution in [2.45, 2.75) is 37.0 Å². The summed E-state index contributed by atoms with van der Waals surface area (Å²) in [5, 5.41) is 4.41. The maximum Gasteiger partial charge on any atom is 0.276 e. The zero-order valence-electron chi connectivity index (χ0n) is 16.6. The Morgan fingerprint density at radius 3 is 2.60 bits per heavy atom. The van der Waals surface area contributed by atoms with Gasteiger partial charge in [0.2, 0.25) is 0 Å². The topological polar surface area (TPSA) is 83.7 Å². The highest BCUT2D eigenvalue weighted by Gasteiger charge is 2.30. The zero-order valence-corrected chi connectivity index (χ0v) is 17.4. The number of fused-ring (bicyclic) bond motifs is 2. The molecule has 30 heavy (non-hydrogen) atoms. The molecule has 2 aliphatic heterocycles. The van der Waals surface area contributed by atoms with Gasteiger partial charge in [-0.3, -0.25) is 9.10 Å². The predicted octanol–water partition coefficient (Wildman–Crippen LogP) is 3.60. The molecule has 2 aliphatic rings. The molecule has 0 unspecified atom stereocenters. The van der Waals surface area contributed by atoms with Crippen molar-refractivity contribution in [3.05, 3.63) is 53.7 Å². The number of amides is 1. The lowest BCUT2D eigenvalue weighted by molar-refractivity contribution is 0.0716. The Morgan fingerprint density at radius 2 is 1.77 bits per heavy atom. The molecule has 7 nitrogen and oxygen atoms in total. The number of rotatable bonds is 3. The first-order valence-corrected chi connectivity index (χ1v) is 11.8. The second-order valence-electron chi connectivity index (χ2n) is 7.85. The largest absolute Gasteiger partial charge is 0.355 e. The van der Waals surface area contributed by atoms with E-state index in [-0.39, 0.29) is 16.5 Å². The first-order valence-electron chi connectivity index (χ1n) is 10.3. The SMILES string of the molecule is O=C(c1noc2ccc(S(=O)(=O)N3CCCc4ccccc43)cc12)N1CCCCC1. The highest BCUT2D eigenvalue weighted by Crippen LogP contribution is 2.33. The van der Waals surface area contributed by atoms with Crippen molar-refractivity contribution in [3.63, 3.8) is 0 Å². The summed E-state index contributed by atoms with van der Waals surface area (Å²) in [5.74, 6) is -0.202. The molecule has 0 bridgehead atoms. The number of piperidine rings is 1. The lowest BCUT2D eigenvalue weighted by Gasteiger charge is -2.30. The average molecular weight is 426 g/mol. The standard InChI is InChI=1S/C22H23N3O4S/c26-22(24-12-4-1-5-13-24)21-18-15-17(10-11-20(18)29-23-21)30(27,28)25-14-6-8-16-7-2-3-9-19(16)25/h2-3,7,9-11,15H,1,4-6,8,12-14H2. The van der Waals surface area contributed by atoms with Crippen molar-refractivity contribution in [3.8, 4) is 0 Å². The molecule has 0 radical (unpaired) electrons. The van der Waals surface area contributed by atoms with Crippen molar-refractivity contribution in [1.29, 1.82) is 0 Å². The maximum atomic E-state index is 13.5. The first-order chi connectivity index (χ1) is 14.6. The molecule has 1 amide bonds. The molecule has 0 saturated carbocycles. The predicted molar refractivity (Wildman–Crippen MR) is 113 cm³/mol. The van der Waals surface area contributed by atoms with Gasteiger partial charge in [0.05, 0.1) is 16.0 Å². The molecule has 8 heteroatoms. The van der Waals surface area contributed by atoms with Gasteiger partial charge in [0.25, 0.3) is 15.9 Å². The van der Waals surface area contributed by atoms with E-state index in [1.807, 2.05) is 24.3 Å². The third kappa shape index (κ3) is 3.15. The average Bonchev–Trinajstić information content (AvgIpc) is 3.22. The molecule has 0 atom stereocenters. The van der Waals surface area contributed by atoms with Crippen LogP contribution in [-0.4, -0.2) is 44.0 Å². The van der Waals surface area contributed by atoms with Gasteiger partial charge in [-0.2, -0.15) is 0 Å². The number of aryl methyl sites for hydroxylation is 1. The molecule has 3 aromatic rings. The maximum absolute atomic E-state index is 13.5. The van der Waals surface area contributed by atoms with Crippen molar-refractivity contribution in [1.82, 2.24) is 10.1 Å². The molecule has 5 rings (SSSR count). The fourth-order valence-corrected chi connectivity index (χ4v) is 5.92. The number of anilines is 1. The van der Waals surface area contributed by atoms with Gasteiger partial charge in [0, 0.05) is 19.6 Å². The summed E-state index contributed by atoms with van der Waals surface area (Å²) in [7, 11) is -3.77. The first kappa shape index (κ1) is 19.1. The van der Waals surface area contributed by atoms with Crippen molar-refractivity contribution >= 4 is 32.6 Å². The number of para-hydroxylation sites is 1. The van der Waals surface area contributed by atoms with Gasteiger partial charge in [-0.15, -0.1) is 0 Å². The van der Waals surface area contributed by atoms with Crippen molar-refractivity contribution in [2.24, 2.45) is 0 Å². The van der Waals surface area contributed by atoms with E-state index in [0.717, 1.165) is 43.4 Å². The summed E-state index contributed by atoms with van der Waals surface area (Å²) >= 11 is 0. The highest BCUT2D eigenvalue weighted by molar-refractivity contribution is 7.92. The smallest absolute Gasteiger partial charge is 0.276 e. The Balaban J connectivity index is 1.54. The number of hydrogen-bond donors (Lipinski definition) is 0. The fraction of sp³-hybridized carbons (Fsp3) is 0.364. The van der Waals surface area contributed by atoms with Gasteiger partial charge >= 0.3 is 0 Å². The van der Waals surface area contributed by atoms with Crippen LogP contribution in [-0.2, 0) is 16.4 Å². The third-order valence-electron chi connectivity index (χ3n) is 5.94. The summed E-state index contributed by atoms with van der Waals surface area (Å²) in [6.07, 6.45) is 4.68. The van der Waals surface area contributed by atoms with Gasteiger partial charge in [0.15, 0.2) is 11.3 Å². The van der Waals surface area contributed by atoms with Crippen LogP contribution in [0, 0.1) is 0 Å². The molecule has 156 valence electrons. The number of carbonyl (C=O) groups is 1. The molecule has 0 aliphatic carbocycles. The minimum absolute atomic E-state index is 0.141. The summed E-state index contributed by atoms with van der Waals surface area (Å²) in [6.45, 7) is 1.81. The molecule has 1 saturated heterocycles. The van der Waals surface area contributed by atoms with E-state index in [0.29, 0.717) is 30.6 Å². The van der Waals surface area contributed by atoms with Crippen LogP contribution in [0.5, 0.6) is 0 Å². The van der Waals surface area contributed by atoms with Crippen LogP contribution >= 0.6 is 0 Å². The van der Waals surface area contributed by atoms with E-state index in [1.54, 1.807) is 11.0 Å². The van der Waals surface area contributed by atoms with Crippen molar-refractivity contribution in [2.75, 3.05) is 23.9 Å². The van der Waals surface area contributed by atoms with Gasteiger partial charge in [-0.05, 0) is 61.9 Å². The monoisotopic (exact) mass is 425 g/mol. The molecule has 0 spiro atoms. The Hall–Kier alpha value is -2.87. The van der Waals surface area contributed by atoms with E-state index in [2.05, 4.69) is 5.16 Å². The van der Waals surface area contributed by atoms with E-state index < -0.39 is 10.0 Å². The molecule has 1 aromatic heterocycles. The van der Waals surface area contributed by atoms with Crippen LogP contribution in [0.4, 0.5) is 5.69 Å².